The van der Waals surface area contributed by atoms with Gasteiger partial charge in [0.25, 0.3) is 0 Å². The van der Waals surface area contributed by atoms with E-state index >= 15 is 0 Å². The van der Waals surface area contributed by atoms with Crippen LogP contribution in [0.4, 0.5) is 11.5 Å². The quantitative estimate of drug-likeness (QED) is 0.718. The van der Waals surface area contributed by atoms with Crippen LogP contribution < -0.4 is 10.1 Å². The molecule has 2 N–H and O–H groups in total. The van der Waals surface area contributed by atoms with Crippen LogP contribution >= 0.6 is 23.2 Å². The minimum Gasteiger partial charge on any atom is -0.495 e. The predicted molar refractivity (Wildman–Crippen MR) is 82.7 cm³/mol. The molecule has 0 radical (unpaired) electrons. The Morgan fingerprint density at radius 1 is 1.24 bits per heavy atom. The molecule has 0 saturated carbocycles. The summed E-state index contributed by atoms with van der Waals surface area (Å²) < 4.78 is 5.33. The van der Waals surface area contributed by atoms with Crippen molar-refractivity contribution in [3.05, 3.63) is 34.2 Å². The first-order valence-corrected chi connectivity index (χ1v) is 6.82. The van der Waals surface area contributed by atoms with Crippen molar-refractivity contribution in [1.82, 2.24) is 20.2 Å². The molecule has 0 saturated heterocycles. The lowest BCUT2D eigenvalue weighted by molar-refractivity contribution is 0.416. The van der Waals surface area contributed by atoms with Crippen LogP contribution in [0.2, 0.25) is 10.3 Å². The molecule has 0 atom stereocenters. The zero-order valence-corrected chi connectivity index (χ0v) is 12.7. The highest BCUT2D eigenvalue weighted by atomic mass is 35.5. The molecule has 0 aliphatic heterocycles. The minimum absolute atomic E-state index is 0.124. The predicted octanol–water partition coefficient (Wildman–Crippen LogP) is 3.72. The van der Waals surface area contributed by atoms with E-state index in [-0.39, 0.29) is 5.28 Å². The highest BCUT2D eigenvalue weighted by Crippen LogP contribution is 2.34. The smallest absolute Gasteiger partial charge is 0.226 e. The summed E-state index contributed by atoms with van der Waals surface area (Å²) >= 11 is 12.0. The van der Waals surface area contributed by atoms with Gasteiger partial charge in [-0.1, -0.05) is 11.6 Å². The average Bonchev–Trinajstić information content (AvgIpc) is 2.90. The van der Waals surface area contributed by atoms with Crippen LogP contribution in [0.5, 0.6) is 5.75 Å². The van der Waals surface area contributed by atoms with Crippen molar-refractivity contribution >= 4 is 45.7 Å². The first-order valence-electron chi connectivity index (χ1n) is 6.06. The normalized spacial score (nSPS) is 10.9. The van der Waals surface area contributed by atoms with Gasteiger partial charge in [-0.2, -0.15) is 15.1 Å². The van der Waals surface area contributed by atoms with Crippen molar-refractivity contribution < 1.29 is 4.74 Å². The first kappa shape index (κ1) is 13.9. The molecule has 6 nitrogen and oxygen atoms in total. The molecule has 0 aliphatic rings. The van der Waals surface area contributed by atoms with Crippen LogP contribution in [0.25, 0.3) is 11.0 Å². The number of rotatable bonds is 3. The Morgan fingerprint density at radius 2 is 2.05 bits per heavy atom. The lowest BCUT2D eigenvalue weighted by Gasteiger charge is -2.13. The number of hydrogen-bond acceptors (Lipinski definition) is 5. The Bertz CT molecular complexity index is 818. The van der Waals surface area contributed by atoms with Crippen molar-refractivity contribution in [3.63, 3.8) is 0 Å². The molecule has 21 heavy (non-hydrogen) atoms. The number of H-pyrrole nitrogens is 1. The number of benzene rings is 1. The Hall–Kier alpha value is -2.05. The molecule has 2 heterocycles. The Balaban J connectivity index is 2.10. The van der Waals surface area contributed by atoms with Gasteiger partial charge in [0.05, 0.1) is 24.4 Å². The third-order valence-electron chi connectivity index (χ3n) is 3.02. The van der Waals surface area contributed by atoms with Gasteiger partial charge >= 0.3 is 0 Å². The number of aromatic nitrogens is 4. The fourth-order valence-electron chi connectivity index (χ4n) is 1.96. The zero-order chi connectivity index (χ0) is 15.0. The molecule has 0 fully saturated rings. The minimum atomic E-state index is 0.124. The third kappa shape index (κ3) is 2.59. The van der Waals surface area contributed by atoms with Gasteiger partial charge in [-0.25, -0.2) is 0 Å². The van der Waals surface area contributed by atoms with Gasteiger partial charge in [-0.15, -0.1) is 0 Å². The van der Waals surface area contributed by atoms with Gasteiger partial charge in [0, 0.05) is 11.1 Å². The van der Waals surface area contributed by atoms with Crippen molar-refractivity contribution in [1.29, 1.82) is 0 Å². The molecule has 3 aromatic rings. The lowest BCUT2D eigenvalue weighted by atomic mass is 10.2. The lowest BCUT2D eigenvalue weighted by Crippen LogP contribution is -1.99. The molecular weight excluding hydrogens is 313 g/mol. The maximum absolute atomic E-state index is 6.10. The van der Waals surface area contributed by atoms with Crippen LogP contribution in [0, 0.1) is 6.92 Å². The van der Waals surface area contributed by atoms with Gasteiger partial charge < -0.3 is 10.1 Å². The van der Waals surface area contributed by atoms with E-state index in [1.165, 1.54) is 0 Å². The van der Waals surface area contributed by atoms with E-state index in [9.17, 15) is 0 Å². The summed E-state index contributed by atoms with van der Waals surface area (Å²) in [6.45, 7) is 1.91. The second-order valence-electron chi connectivity index (χ2n) is 4.40. The third-order valence-corrected chi connectivity index (χ3v) is 3.59. The van der Waals surface area contributed by atoms with Gasteiger partial charge in [0.15, 0.2) is 5.65 Å². The van der Waals surface area contributed by atoms with E-state index < -0.39 is 0 Å². The molecule has 0 aliphatic carbocycles. The number of fused-ring (bicyclic) bond motifs is 1. The standard InChI is InChI=1S/C13H11Cl2N5O/c1-6-3-9(10(21-2)4-8(6)14)17-11-7-5-16-20-12(7)19-13(15)18-11/h3-5H,1-2H3,(H2,16,17,18,19,20). The summed E-state index contributed by atoms with van der Waals surface area (Å²) in [5.41, 5.74) is 2.21. The maximum atomic E-state index is 6.10. The average molecular weight is 324 g/mol. The topological polar surface area (TPSA) is 75.7 Å². The summed E-state index contributed by atoms with van der Waals surface area (Å²) in [6, 6.07) is 3.62. The van der Waals surface area contributed by atoms with Crippen molar-refractivity contribution in [3.8, 4) is 5.75 Å². The maximum Gasteiger partial charge on any atom is 0.226 e. The van der Waals surface area contributed by atoms with Crippen LogP contribution in [0.1, 0.15) is 5.56 Å². The highest BCUT2D eigenvalue weighted by molar-refractivity contribution is 6.31. The summed E-state index contributed by atoms with van der Waals surface area (Å²) in [5.74, 6) is 1.15. The molecule has 8 heteroatoms. The van der Waals surface area contributed by atoms with Crippen molar-refractivity contribution in [2.75, 3.05) is 12.4 Å². The van der Waals surface area contributed by atoms with E-state index in [0.29, 0.717) is 22.2 Å². The monoisotopic (exact) mass is 323 g/mol. The van der Waals surface area contributed by atoms with Crippen molar-refractivity contribution in [2.24, 2.45) is 0 Å². The number of aryl methyl sites for hydroxylation is 1. The molecule has 0 amide bonds. The Labute approximate surface area is 130 Å². The van der Waals surface area contributed by atoms with Gasteiger partial charge in [-0.05, 0) is 30.2 Å². The summed E-state index contributed by atoms with van der Waals surface area (Å²) in [4.78, 5) is 8.25. The molecule has 2 aromatic heterocycles. The Kier molecular flexibility index (Phi) is 3.57. The van der Waals surface area contributed by atoms with Gasteiger partial charge in [0.2, 0.25) is 5.28 Å². The summed E-state index contributed by atoms with van der Waals surface area (Å²) in [7, 11) is 1.58. The molecular formula is C13H11Cl2N5O. The van der Waals surface area contributed by atoms with Gasteiger partial charge in [-0.3, -0.25) is 5.10 Å². The summed E-state index contributed by atoms with van der Waals surface area (Å²) in [6.07, 6.45) is 1.63. The number of hydrogen-bond donors (Lipinski definition) is 2. The molecule has 0 spiro atoms. The van der Waals surface area contributed by atoms with Crippen LogP contribution in [0.15, 0.2) is 18.3 Å². The van der Waals surface area contributed by atoms with E-state index in [4.69, 9.17) is 27.9 Å². The molecule has 1 aromatic carbocycles. The van der Waals surface area contributed by atoms with Crippen LogP contribution in [-0.4, -0.2) is 27.3 Å². The fraction of sp³-hybridized carbons (Fsp3) is 0.154. The number of methoxy groups -OCH3 is 1. The van der Waals surface area contributed by atoms with Crippen molar-refractivity contribution in [2.45, 2.75) is 6.92 Å². The second kappa shape index (κ2) is 5.38. The number of anilines is 2. The van der Waals surface area contributed by atoms with E-state index in [1.54, 1.807) is 19.4 Å². The number of halogens is 2. The SMILES string of the molecule is COc1cc(Cl)c(C)cc1Nc1nc(Cl)nc2[nH]ncc12. The highest BCUT2D eigenvalue weighted by Gasteiger charge is 2.12. The largest absolute Gasteiger partial charge is 0.495 e. The Morgan fingerprint density at radius 3 is 2.81 bits per heavy atom. The molecule has 3 rings (SSSR count). The molecule has 0 unspecified atom stereocenters. The van der Waals surface area contributed by atoms with E-state index in [0.717, 1.165) is 16.6 Å². The van der Waals surface area contributed by atoms with Crippen LogP contribution in [-0.2, 0) is 0 Å². The van der Waals surface area contributed by atoms with E-state index in [2.05, 4.69) is 25.5 Å². The van der Waals surface area contributed by atoms with Gasteiger partial charge in [0.1, 0.15) is 11.6 Å². The van der Waals surface area contributed by atoms with E-state index in [1.807, 2.05) is 13.0 Å². The second-order valence-corrected chi connectivity index (χ2v) is 5.15. The number of nitrogens with zero attached hydrogens (tertiary/aromatic N) is 3. The molecule has 0 bridgehead atoms. The fourth-order valence-corrected chi connectivity index (χ4v) is 2.28. The number of ether oxygens (including phenoxy) is 1. The first-order chi connectivity index (χ1) is 10.1. The zero-order valence-electron chi connectivity index (χ0n) is 11.2. The number of aromatic amines is 1. The number of nitrogens with one attached hydrogen (secondary N) is 2. The molecule has 108 valence electrons. The van der Waals surface area contributed by atoms with Crippen LogP contribution in [0.3, 0.4) is 0 Å². The summed E-state index contributed by atoms with van der Waals surface area (Å²) in [5, 5.41) is 11.4.